The van der Waals surface area contributed by atoms with Gasteiger partial charge in [0.25, 0.3) is 5.91 Å². The van der Waals surface area contributed by atoms with Crippen molar-refractivity contribution in [1.29, 1.82) is 0 Å². The largest absolute Gasteiger partial charge is 0.397 e. The Morgan fingerprint density at radius 2 is 2.20 bits per heavy atom. The third-order valence-corrected chi connectivity index (χ3v) is 4.41. The van der Waals surface area contributed by atoms with Crippen LogP contribution in [-0.4, -0.2) is 23.9 Å². The molecule has 3 nitrogen and oxygen atoms in total. The molecule has 106 valence electrons. The van der Waals surface area contributed by atoms with Crippen LogP contribution >= 0.6 is 22.9 Å². The van der Waals surface area contributed by atoms with Crippen LogP contribution in [-0.2, 0) is 0 Å². The Hall–Kier alpha value is -1.52. The van der Waals surface area contributed by atoms with E-state index in [2.05, 4.69) is 6.58 Å². The summed E-state index contributed by atoms with van der Waals surface area (Å²) in [4.78, 5) is 14.9. The molecule has 1 amide bonds. The van der Waals surface area contributed by atoms with E-state index in [0.29, 0.717) is 28.7 Å². The lowest BCUT2D eigenvalue weighted by atomic mass is 10.2. The fraction of sp³-hybridized carbons (Fsp3) is 0.267. The van der Waals surface area contributed by atoms with Gasteiger partial charge in [-0.1, -0.05) is 23.8 Å². The van der Waals surface area contributed by atoms with Crippen LogP contribution in [0.2, 0.25) is 5.02 Å². The Labute approximate surface area is 127 Å². The number of carbonyl (C=O) groups is 1. The minimum absolute atomic E-state index is 0.0506. The monoisotopic (exact) mass is 308 g/mol. The number of hydrogen-bond acceptors (Lipinski definition) is 3. The van der Waals surface area contributed by atoms with E-state index in [1.54, 1.807) is 11.0 Å². The molecule has 0 saturated heterocycles. The van der Waals surface area contributed by atoms with Crippen LogP contribution in [0, 0.1) is 0 Å². The molecule has 20 heavy (non-hydrogen) atoms. The van der Waals surface area contributed by atoms with E-state index in [-0.39, 0.29) is 5.91 Å². The van der Waals surface area contributed by atoms with E-state index >= 15 is 0 Å². The first-order valence-corrected chi connectivity index (χ1v) is 7.54. The smallest absolute Gasteiger partial charge is 0.266 e. The number of hydrogen-bond donors (Lipinski definition) is 1. The first kappa shape index (κ1) is 14.9. The summed E-state index contributed by atoms with van der Waals surface area (Å²) in [5.41, 5.74) is 7.59. The number of nitrogens with zero attached hydrogens (tertiary/aromatic N) is 1. The van der Waals surface area contributed by atoms with Crippen molar-refractivity contribution in [3.63, 3.8) is 0 Å². The van der Waals surface area contributed by atoms with Gasteiger partial charge in [0, 0.05) is 28.2 Å². The number of fused-ring (bicyclic) bond motifs is 1. The van der Waals surface area contributed by atoms with Gasteiger partial charge in [-0.25, -0.2) is 0 Å². The van der Waals surface area contributed by atoms with Crippen molar-refractivity contribution in [1.82, 2.24) is 4.90 Å². The van der Waals surface area contributed by atoms with Gasteiger partial charge in [0.15, 0.2) is 0 Å². The average molecular weight is 309 g/mol. The third kappa shape index (κ3) is 2.81. The zero-order valence-corrected chi connectivity index (χ0v) is 13.1. The van der Waals surface area contributed by atoms with Gasteiger partial charge in [-0.15, -0.1) is 11.3 Å². The minimum Gasteiger partial charge on any atom is -0.397 e. The van der Waals surface area contributed by atoms with Gasteiger partial charge < -0.3 is 10.6 Å². The van der Waals surface area contributed by atoms with Crippen molar-refractivity contribution >= 4 is 44.6 Å². The summed E-state index contributed by atoms with van der Waals surface area (Å²) in [6.45, 7) is 8.88. The number of benzene rings is 1. The Morgan fingerprint density at radius 1 is 1.50 bits per heavy atom. The number of anilines is 1. The molecule has 0 bridgehead atoms. The third-order valence-electron chi connectivity index (χ3n) is 3.01. The fourth-order valence-electron chi connectivity index (χ4n) is 2.05. The first-order chi connectivity index (χ1) is 9.43. The van der Waals surface area contributed by atoms with Crippen LogP contribution < -0.4 is 5.73 Å². The number of nitrogen functional groups attached to an aromatic ring is 1. The molecule has 2 N–H and O–H groups in total. The zero-order valence-electron chi connectivity index (χ0n) is 11.6. The van der Waals surface area contributed by atoms with Crippen LogP contribution in [0.4, 0.5) is 5.69 Å². The topological polar surface area (TPSA) is 46.3 Å². The molecule has 1 heterocycles. The first-order valence-electron chi connectivity index (χ1n) is 6.35. The molecule has 0 unspecified atom stereocenters. The Balaban J connectivity index is 2.43. The summed E-state index contributed by atoms with van der Waals surface area (Å²) < 4.78 is 0.935. The summed E-state index contributed by atoms with van der Waals surface area (Å²) in [6, 6.07) is 5.48. The highest BCUT2D eigenvalue weighted by atomic mass is 35.5. The molecule has 2 rings (SSSR count). The molecule has 1 aromatic heterocycles. The number of amides is 1. The maximum absolute atomic E-state index is 12.6. The second kappa shape index (κ2) is 5.85. The van der Waals surface area contributed by atoms with Gasteiger partial charge >= 0.3 is 0 Å². The highest BCUT2D eigenvalue weighted by Gasteiger charge is 2.21. The van der Waals surface area contributed by atoms with Crippen molar-refractivity contribution in [3.05, 3.63) is 40.3 Å². The zero-order chi connectivity index (χ0) is 14.9. The van der Waals surface area contributed by atoms with Gasteiger partial charge in [-0.3, -0.25) is 4.79 Å². The standard InChI is InChI=1S/C15H17ClN2OS/c1-4-18(8-9(2)3)15(19)14-13(17)11-6-5-10(16)7-12(11)20-14/h5-7H,2,4,8,17H2,1,3H3. The minimum atomic E-state index is -0.0506. The van der Waals surface area contributed by atoms with E-state index in [4.69, 9.17) is 17.3 Å². The number of nitrogens with two attached hydrogens (primary N) is 1. The molecule has 2 aromatic rings. The SMILES string of the molecule is C=C(C)CN(CC)C(=O)c1sc2cc(Cl)ccc2c1N. The van der Waals surface area contributed by atoms with Crippen molar-refractivity contribution in [2.75, 3.05) is 18.8 Å². The fourth-order valence-corrected chi connectivity index (χ4v) is 3.41. The summed E-state index contributed by atoms with van der Waals surface area (Å²) in [7, 11) is 0. The molecule has 1 aromatic carbocycles. The second-order valence-electron chi connectivity index (χ2n) is 4.76. The lowest BCUT2D eigenvalue weighted by Crippen LogP contribution is -2.32. The van der Waals surface area contributed by atoms with Gasteiger partial charge in [-0.2, -0.15) is 0 Å². The molecule has 0 aliphatic heterocycles. The Kier molecular flexibility index (Phi) is 4.35. The van der Waals surface area contributed by atoms with Crippen LogP contribution in [0.15, 0.2) is 30.4 Å². The molecule has 5 heteroatoms. The molecule has 0 spiro atoms. The molecular weight excluding hydrogens is 292 g/mol. The van der Waals surface area contributed by atoms with Crippen LogP contribution in [0.3, 0.4) is 0 Å². The van der Waals surface area contributed by atoms with Crippen LogP contribution in [0.1, 0.15) is 23.5 Å². The normalized spacial score (nSPS) is 10.8. The predicted molar refractivity (Wildman–Crippen MR) is 87.6 cm³/mol. The highest BCUT2D eigenvalue weighted by molar-refractivity contribution is 7.21. The van der Waals surface area contributed by atoms with E-state index < -0.39 is 0 Å². The number of carbonyl (C=O) groups excluding carboxylic acids is 1. The molecule has 0 saturated carbocycles. The molecular formula is C15H17ClN2OS. The van der Waals surface area contributed by atoms with Crippen LogP contribution in [0.5, 0.6) is 0 Å². The maximum Gasteiger partial charge on any atom is 0.266 e. The summed E-state index contributed by atoms with van der Waals surface area (Å²) >= 11 is 7.36. The van der Waals surface area contributed by atoms with E-state index in [0.717, 1.165) is 15.7 Å². The van der Waals surface area contributed by atoms with Crippen molar-refractivity contribution in [2.45, 2.75) is 13.8 Å². The highest BCUT2D eigenvalue weighted by Crippen LogP contribution is 2.35. The Morgan fingerprint density at radius 3 is 2.80 bits per heavy atom. The van der Waals surface area contributed by atoms with Gasteiger partial charge in [-0.05, 0) is 32.0 Å². The molecule has 0 aliphatic rings. The van der Waals surface area contributed by atoms with Crippen molar-refractivity contribution in [2.24, 2.45) is 0 Å². The second-order valence-corrected chi connectivity index (χ2v) is 6.25. The Bertz CT molecular complexity index is 678. The molecule has 0 aliphatic carbocycles. The quantitative estimate of drug-likeness (QED) is 0.861. The predicted octanol–water partition coefficient (Wildman–Crippen LogP) is 4.18. The number of likely N-dealkylation sites (N-methyl/N-ethyl adjacent to an activating group) is 1. The lowest BCUT2D eigenvalue weighted by molar-refractivity contribution is 0.0784. The maximum atomic E-state index is 12.6. The molecule has 0 fully saturated rings. The summed E-state index contributed by atoms with van der Waals surface area (Å²) in [5, 5.41) is 1.53. The molecule has 0 atom stereocenters. The van der Waals surface area contributed by atoms with Gasteiger partial charge in [0.05, 0.1) is 5.69 Å². The summed E-state index contributed by atoms with van der Waals surface area (Å²) in [6.07, 6.45) is 0. The van der Waals surface area contributed by atoms with E-state index in [1.165, 1.54) is 11.3 Å². The number of halogens is 1. The van der Waals surface area contributed by atoms with Gasteiger partial charge in [0.1, 0.15) is 4.88 Å². The number of rotatable bonds is 4. The summed E-state index contributed by atoms with van der Waals surface area (Å²) in [5.74, 6) is -0.0506. The lowest BCUT2D eigenvalue weighted by Gasteiger charge is -2.20. The van der Waals surface area contributed by atoms with Crippen molar-refractivity contribution < 1.29 is 4.79 Å². The van der Waals surface area contributed by atoms with Crippen LogP contribution in [0.25, 0.3) is 10.1 Å². The molecule has 0 radical (unpaired) electrons. The number of thiophene rings is 1. The van der Waals surface area contributed by atoms with E-state index in [1.807, 2.05) is 26.0 Å². The average Bonchev–Trinajstić information content (AvgIpc) is 2.71. The van der Waals surface area contributed by atoms with E-state index in [9.17, 15) is 4.79 Å². The van der Waals surface area contributed by atoms with Crippen molar-refractivity contribution in [3.8, 4) is 0 Å². The van der Waals surface area contributed by atoms with Gasteiger partial charge in [0.2, 0.25) is 0 Å².